The Morgan fingerprint density at radius 1 is 0.871 bits per heavy atom. The van der Waals surface area contributed by atoms with Gasteiger partial charge in [0.05, 0.1) is 5.56 Å². The summed E-state index contributed by atoms with van der Waals surface area (Å²) in [5.74, 6) is 0.899. The zero-order chi connectivity index (χ0) is 22.0. The molecule has 0 N–H and O–H groups in total. The van der Waals surface area contributed by atoms with E-state index in [0.29, 0.717) is 35.6 Å². The Balaban J connectivity index is 1.47. The first-order chi connectivity index (χ1) is 14.8. The molecule has 3 aromatic carbocycles. The molecule has 0 unspecified atom stereocenters. The molecule has 1 aliphatic rings. The third kappa shape index (κ3) is 4.84. The molecule has 0 radical (unpaired) electrons. The lowest BCUT2D eigenvalue weighted by atomic mass is 9.78. The fourth-order valence-corrected chi connectivity index (χ4v) is 4.63. The molecule has 0 bridgehead atoms. The topological polar surface area (TPSA) is 0 Å². The fraction of sp³-hybridized carbons (Fsp3) is 0.333. The first kappa shape index (κ1) is 21.6. The molecule has 0 atom stereocenters. The maximum absolute atomic E-state index is 15.1. The molecule has 4 heteroatoms. The Bertz CT molecular complexity index is 1060. The molecule has 0 aromatic heterocycles. The summed E-state index contributed by atoms with van der Waals surface area (Å²) in [5, 5.41) is 1.51. The minimum absolute atomic E-state index is 0.230. The minimum atomic E-state index is -4.34. The molecule has 31 heavy (non-hydrogen) atoms. The molecule has 162 valence electrons. The quantitative estimate of drug-likeness (QED) is 0.285. The van der Waals surface area contributed by atoms with Gasteiger partial charge in [0.2, 0.25) is 0 Å². The smallest absolute Gasteiger partial charge is 0.206 e. The molecule has 1 saturated carbocycles. The number of allylic oxidation sites excluding steroid dienone is 1. The fourth-order valence-electron chi connectivity index (χ4n) is 4.63. The van der Waals surface area contributed by atoms with E-state index in [1.54, 1.807) is 6.07 Å². The molecule has 0 aliphatic heterocycles. The molecule has 0 heterocycles. The lowest BCUT2D eigenvalue weighted by Crippen LogP contribution is -2.11. The maximum Gasteiger partial charge on any atom is 0.416 e. The number of hydrogen-bond acceptors (Lipinski definition) is 0. The van der Waals surface area contributed by atoms with Gasteiger partial charge in [-0.2, -0.15) is 13.2 Å². The van der Waals surface area contributed by atoms with E-state index in [4.69, 9.17) is 0 Å². The Morgan fingerprint density at radius 3 is 2.23 bits per heavy atom. The lowest BCUT2D eigenvalue weighted by molar-refractivity contribution is -0.137. The van der Waals surface area contributed by atoms with E-state index in [-0.39, 0.29) is 5.82 Å². The standard InChI is InChI=1S/C27H26F4/c1-2-18-3-8-20(9-4-18)22-13-16-25-23(17-22)12-11-21(26(25)28)10-5-19-6-14-24(15-7-19)27(29,30)31/h2,6-7,11-18,20H,1,3-5,8-10H2. The van der Waals surface area contributed by atoms with Gasteiger partial charge in [-0.25, -0.2) is 4.39 Å². The lowest BCUT2D eigenvalue weighted by Gasteiger charge is -2.27. The number of aryl methyl sites for hydroxylation is 2. The Labute approximate surface area is 180 Å². The average Bonchev–Trinajstić information content (AvgIpc) is 2.78. The Kier molecular flexibility index (Phi) is 6.17. The summed E-state index contributed by atoms with van der Waals surface area (Å²) in [6.45, 7) is 3.90. The summed E-state index contributed by atoms with van der Waals surface area (Å²) in [5.41, 5.74) is 1.96. The molecule has 0 amide bonds. The van der Waals surface area contributed by atoms with Crippen LogP contribution in [0.5, 0.6) is 0 Å². The highest BCUT2D eigenvalue weighted by molar-refractivity contribution is 5.84. The van der Waals surface area contributed by atoms with E-state index in [1.165, 1.54) is 17.7 Å². The Morgan fingerprint density at radius 2 is 1.58 bits per heavy atom. The number of alkyl halides is 3. The number of rotatable bonds is 5. The molecular weight excluding hydrogens is 400 g/mol. The predicted molar refractivity (Wildman–Crippen MR) is 118 cm³/mol. The second-order valence-electron chi connectivity index (χ2n) is 8.56. The molecule has 0 saturated heterocycles. The Hall–Kier alpha value is -2.62. The molecule has 1 aliphatic carbocycles. The van der Waals surface area contributed by atoms with Crippen LogP contribution in [-0.4, -0.2) is 0 Å². The van der Waals surface area contributed by atoms with Gasteiger partial charge in [-0.05, 0) is 84.6 Å². The number of benzene rings is 3. The van der Waals surface area contributed by atoms with Crippen molar-refractivity contribution >= 4 is 10.8 Å². The van der Waals surface area contributed by atoms with Gasteiger partial charge in [0, 0.05) is 5.39 Å². The van der Waals surface area contributed by atoms with E-state index < -0.39 is 11.7 Å². The normalized spacial score (nSPS) is 19.5. The van der Waals surface area contributed by atoms with Crippen LogP contribution in [0.1, 0.15) is 53.9 Å². The summed E-state index contributed by atoms with van der Waals surface area (Å²) in [6.07, 6.45) is 3.23. The van der Waals surface area contributed by atoms with Crippen molar-refractivity contribution in [3.05, 3.63) is 95.3 Å². The van der Waals surface area contributed by atoms with E-state index >= 15 is 4.39 Å². The zero-order valence-corrected chi connectivity index (χ0v) is 17.4. The number of hydrogen-bond donors (Lipinski definition) is 0. The highest BCUT2D eigenvalue weighted by Gasteiger charge is 2.29. The second-order valence-corrected chi connectivity index (χ2v) is 8.56. The largest absolute Gasteiger partial charge is 0.416 e. The number of halogens is 4. The van der Waals surface area contributed by atoms with Crippen LogP contribution in [-0.2, 0) is 19.0 Å². The van der Waals surface area contributed by atoms with E-state index in [0.717, 1.165) is 48.8 Å². The molecule has 3 aromatic rings. The van der Waals surface area contributed by atoms with Gasteiger partial charge >= 0.3 is 6.18 Å². The summed E-state index contributed by atoms with van der Waals surface area (Å²) in [7, 11) is 0. The van der Waals surface area contributed by atoms with Crippen molar-refractivity contribution in [2.24, 2.45) is 5.92 Å². The zero-order valence-electron chi connectivity index (χ0n) is 17.4. The van der Waals surface area contributed by atoms with Crippen molar-refractivity contribution in [3.63, 3.8) is 0 Å². The summed E-state index contributed by atoms with van der Waals surface area (Å²) >= 11 is 0. The van der Waals surface area contributed by atoms with Crippen LogP contribution in [0.25, 0.3) is 10.8 Å². The van der Waals surface area contributed by atoms with Crippen molar-refractivity contribution in [1.29, 1.82) is 0 Å². The van der Waals surface area contributed by atoms with Gasteiger partial charge in [-0.15, -0.1) is 6.58 Å². The van der Waals surface area contributed by atoms with Gasteiger partial charge in [0.1, 0.15) is 5.82 Å². The van der Waals surface area contributed by atoms with Crippen LogP contribution < -0.4 is 0 Å². The molecule has 1 fully saturated rings. The average molecular weight is 426 g/mol. The highest BCUT2D eigenvalue weighted by atomic mass is 19.4. The van der Waals surface area contributed by atoms with Crippen LogP contribution in [0.3, 0.4) is 0 Å². The van der Waals surface area contributed by atoms with Crippen molar-refractivity contribution < 1.29 is 17.6 Å². The van der Waals surface area contributed by atoms with Crippen LogP contribution in [0, 0.1) is 11.7 Å². The van der Waals surface area contributed by atoms with E-state index in [1.807, 2.05) is 18.2 Å². The third-order valence-corrected chi connectivity index (χ3v) is 6.60. The number of fused-ring (bicyclic) bond motifs is 1. The highest BCUT2D eigenvalue weighted by Crippen LogP contribution is 2.37. The van der Waals surface area contributed by atoms with Crippen molar-refractivity contribution in [3.8, 4) is 0 Å². The van der Waals surface area contributed by atoms with Crippen molar-refractivity contribution in [2.75, 3.05) is 0 Å². The van der Waals surface area contributed by atoms with Crippen LogP contribution >= 0.6 is 0 Å². The minimum Gasteiger partial charge on any atom is -0.206 e. The monoisotopic (exact) mass is 426 g/mol. The maximum atomic E-state index is 15.1. The molecular formula is C27H26F4. The third-order valence-electron chi connectivity index (χ3n) is 6.60. The summed E-state index contributed by atoms with van der Waals surface area (Å²) < 4.78 is 53.2. The predicted octanol–water partition coefficient (Wildman–Crippen LogP) is 8.24. The molecule has 0 nitrogen and oxygen atoms in total. The van der Waals surface area contributed by atoms with Crippen LogP contribution in [0.15, 0.2) is 67.3 Å². The van der Waals surface area contributed by atoms with Crippen molar-refractivity contribution in [1.82, 2.24) is 0 Å². The van der Waals surface area contributed by atoms with Gasteiger partial charge in [-0.3, -0.25) is 0 Å². The second kappa shape index (κ2) is 8.86. The van der Waals surface area contributed by atoms with Crippen LogP contribution in [0.4, 0.5) is 17.6 Å². The SMILES string of the molecule is C=CC1CCC(c2ccc3c(F)c(CCc4ccc(C(F)(F)F)cc4)ccc3c2)CC1. The van der Waals surface area contributed by atoms with Gasteiger partial charge in [0.15, 0.2) is 0 Å². The van der Waals surface area contributed by atoms with E-state index in [9.17, 15) is 13.2 Å². The summed E-state index contributed by atoms with van der Waals surface area (Å²) in [4.78, 5) is 0. The summed E-state index contributed by atoms with van der Waals surface area (Å²) in [6, 6.07) is 14.9. The van der Waals surface area contributed by atoms with E-state index in [2.05, 4.69) is 18.7 Å². The van der Waals surface area contributed by atoms with Gasteiger partial charge in [0.25, 0.3) is 0 Å². The molecule has 4 rings (SSSR count). The van der Waals surface area contributed by atoms with Gasteiger partial charge < -0.3 is 0 Å². The van der Waals surface area contributed by atoms with Gasteiger partial charge in [-0.1, -0.05) is 48.5 Å². The first-order valence-corrected chi connectivity index (χ1v) is 10.8. The first-order valence-electron chi connectivity index (χ1n) is 10.8. The van der Waals surface area contributed by atoms with Crippen molar-refractivity contribution in [2.45, 2.75) is 50.6 Å². The van der Waals surface area contributed by atoms with Crippen LogP contribution in [0.2, 0.25) is 0 Å². The molecule has 0 spiro atoms.